The Balaban J connectivity index is 1.40. The summed E-state index contributed by atoms with van der Waals surface area (Å²) in [4.78, 5) is 21.5. The van der Waals surface area contributed by atoms with Gasteiger partial charge in [0.15, 0.2) is 0 Å². The van der Waals surface area contributed by atoms with Crippen LogP contribution in [0, 0.1) is 0 Å². The molecule has 5 nitrogen and oxygen atoms in total. The number of aliphatic carboxylic acids is 1. The monoisotopic (exact) mass is 436 g/mol. The fraction of sp³-hybridized carbons (Fsp3) is 0.808. The Bertz CT molecular complexity index is 522. The largest absolute Gasteiger partial charge is 0.481 e. The zero-order valence-corrected chi connectivity index (χ0v) is 19.5. The molecular weight excluding hydrogens is 392 g/mol. The number of carbonyl (C=O) groups is 1. The van der Waals surface area contributed by atoms with Crippen LogP contribution < -0.4 is 0 Å². The average molecular weight is 437 g/mol. The number of hydrogen-bond donors (Lipinski definition) is 1. The predicted octanol–water partition coefficient (Wildman–Crippen LogP) is 6.91. The standard InChI is InChI=1S/C26H44O5/c1-2-3-4-5-6-7-8-9-10-11-12-13-14-15-16-22-17-19-24(29-22)25-20-18-23(30-31-25)21-26(27)28/h5-8,22-25H,2-4,9-21H2,1H3,(H,27,28)/t22-,23+,24+,25+/m1/s1. The second-order valence-electron chi connectivity index (χ2n) is 9.10. The highest BCUT2D eigenvalue weighted by Crippen LogP contribution is 2.31. The van der Waals surface area contributed by atoms with E-state index in [0.29, 0.717) is 6.10 Å². The van der Waals surface area contributed by atoms with Crippen molar-refractivity contribution in [3.63, 3.8) is 0 Å². The van der Waals surface area contributed by atoms with Gasteiger partial charge in [0.25, 0.3) is 0 Å². The van der Waals surface area contributed by atoms with E-state index in [-0.39, 0.29) is 24.7 Å². The third kappa shape index (κ3) is 11.9. The fourth-order valence-corrected chi connectivity index (χ4v) is 4.41. The Kier molecular flexibility index (Phi) is 13.9. The first-order valence-corrected chi connectivity index (χ1v) is 12.7. The van der Waals surface area contributed by atoms with Gasteiger partial charge in [-0.05, 0) is 51.4 Å². The molecule has 2 heterocycles. The van der Waals surface area contributed by atoms with E-state index in [0.717, 1.165) is 32.1 Å². The van der Waals surface area contributed by atoms with Gasteiger partial charge in [-0.15, -0.1) is 0 Å². The van der Waals surface area contributed by atoms with Crippen molar-refractivity contribution in [2.45, 2.75) is 134 Å². The maximum atomic E-state index is 10.8. The van der Waals surface area contributed by atoms with Crippen molar-refractivity contribution in [1.29, 1.82) is 0 Å². The highest BCUT2D eigenvalue weighted by molar-refractivity contribution is 5.67. The molecule has 5 heteroatoms. The molecule has 2 saturated heterocycles. The average Bonchev–Trinajstić information content (AvgIpc) is 3.23. The molecule has 0 aromatic heterocycles. The van der Waals surface area contributed by atoms with Crippen molar-refractivity contribution in [2.24, 2.45) is 0 Å². The summed E-state index contributed by atoms with van der Waals surface area (Å²) in [6.07, 6.45) is 26.6. The van der Waals surface area contributed by atoms with Crippen molar-refractivity contribution in [2.75, 3.05) is 0 Å². The summed E-state index contributed by atoms with van der Waals surface area (Å²) in [5.74, 6) is -0.841. The molecule has 0 amide bonds. The SMILES string of the molecule is CCCCC=CC=CCCCCCCCC[C@@H]1CC[C@@H]([C@@H]2CC[C@@H](CC(=O)O)OO2)O1. The minimum atomic E-state index is -0.841. The summed E-state index contributed by atoms with van der Waals surface area (Å²) >= 11 is 0. The van der Waals surface area contributed by atoms with Crippen LogP contribution in [0.1, 0.15) is 110 Å². The third-order valence-corrected chi connectivity index (χ3v) is 6.30. The molecule has 1 N–H and O–H groups in total. The van der Waals surface area contributed by atoms with Gasteiger partial charge in [0.05, 0.1) is 18.6 Å². The van der Waals surface area contributed by atoms with Gasteiger partial charge in [-0.2, -0.15) is 0 Å². The van der Waals surface area contributed by atoms with Gasteiger partial charge in [-0.3, -0.25) is 4.79 Å². The van der Waals surface area contributed by atoms with E-state index in [1.54, 1.807) is 0 Å². The van der Waals surface area contributed by atoms with Gasteiger partial charge < -0.3 is 9.84 Å². The molecule has 2 aliphatic heterocycles. The molecule has 31 heavy (non-hydrogen) atoms. The second kappa shape index (κ2) is 16.5. The molecule has 0 unspecified atom stereocenters. The van der Waals surface area contributed by atoms with Crippen LogP contribution in [0.5, 0.6) is 0 Å². The molecule has 0 aliphatic carbocycles. The second-order valence-corrected chi connectivity index (χ2v) is 9.10. The third-order valence-electron chi connectivity index (χ3n) is 6.30. The van der Waals surface area contributed by atoms with Gasteiger partial charge >= 0.3 is 5.97 Å². The number of allylic oxidation sites excluding steroid dienone is 4. The number of carboxylic acid groups (broad SMARTS) is 1. The zero-order chi connectivity index (χ0) is 22.2. The van der Waals surface area contributed by atoms with Crippen LogP contribution in [0.2, 0.25) is 0 Å². The van der Waals surface area contributed by atoms with E-state index in [9.17, 15) is 4.79 Å². The summed E-state index contributed by atoms with van der Waals surface area (Å²) in [7, 11) is 0. The number of unbranched alkanes of at least 4 members (excludes halogenated alkanes) is 8. The predicted molar refractivity (Wildman–Crippen MR) is 124 cm³/mol. The fourth-order valence-electron chi connectivity index (χ4n) is 4.41. The Labute approximate surface area is 189 Å². The summed E-state index contributed by atoms with van der Waals surface area (Å²) in [6.45, 7) is 2.23. The number of hydrogen-bond acceptors (Lipinski definition) is 4. The molecule has 0 radical (unpaired) electrons. The van der Waals surface area contributed by atoms with Crippen LogP contribution in [0.25, 0.3) is 0 Å². The lowest BCUT2D eigenvalue weighted by molar-refractivity contribution is -0.385. The van der Waals surface area contributed by atoms with Crippen LogP contribution >= 0.6 is 0 Å². The van der Waals surface area contributed by atoms with Gasteiger partial charge in [0.1, 0.15) is 12.2 Å². The lowest BCUT2D eigenvalue weighted by Crippen LogP contribution is -2.37. The Morgan fingerprint density at radius 2 is 1.45 bits per heavy atom. The molecule has 2 fully saturated rings. The molecule has 0 saturated carbocycles. The zero-order valence-electron chi connectivity index (χ0n) is 19.5. The maximum absolute atomic E-state index is 10.8. The van der Waals surface area contributed by atoms with E-state index in [2.05, 4.69) is 31.2 Å². The highest BCUT2D eigenvalue weighted by atomic mass is 17.2. The molecule has 0 bridgehead atoms. The topological polar surface area (TPSA) is 65.0 Å². The van der Waals surface area contributed by atoms with Gasteiger partial charge in [0, 0.05) is 0 Å². The van der Waals surface area contributed by atoms with Gasteiger partial charge in [-0.25, -0.2) is 9.78 Å². The van der Waals surface area contributed by atoms with E-state index in [4.69, 9.17) is 19.6 Å². The van der Waals surface area contributed by atoms with Crippen molar-refractivity contribution < 1.29 is 24.4 Å². The molecular formula is C26H44O5. The highest BCUT2D eigenvalue weighted by Gasteiger charge is 2.36. The summed E-state index contributed by atoms with van der Waals surface area (Å²) in [5.41, 5.74) is 0. The Morgan fingerprint density at radius 3 is 2.13 bits per heavy atom. The van der Waals surface area contributed by atoms with Crippen molar-refractivity contribution in [1.82, 2.24) is 0 Å². The number of rotatable bonds is 16. The molecule has 2 aliphatic rings. The van der Waals surface area contributed by atoms with Crippen LogP contribution in [0.3, 0.4) is 0 Å². The maximum Gasteiger partial charge on any atom is 0.306 e. The summed E-state index contributed by atoms with van der Waals surface area (Å²) < 4.78 is 6.20. The van der Waals surface area contributed by atoms with Crippen LogP contribution in [-0.4, -0.2) is 35.5 Å². The van der Waals surface area contributed by atoms with Gasteiger partial charge in [-0.1, -0.05) is 76.2 Å². The first kappa shape index (κ1) is 26.1. The van der Waals surface area contributed by atoms with E-state index in [1.807, 2.05) is 0 Å². The molecule has 0 aromatic rings. The minimum Gasteiger partial charge on any atom is -0.481 e. The van der Waals surface area contributed by atoms with E-state index >= 15 is 0 Å². The van der Waals surface area contributed by atoms with Crippen LogP contribution in [0.4, 0.5) is 0 Å². The van der Waals surface area contributed by atoms with Crippen LogP contribution in [-0.2, 0) is 19.3 Å². The lowest BCUT2D eigenvalue weighted by Gasteiger charge is -2.30. The molecule has 4 atom stereocenters. The van der Waals surface area contributed by atoms with Crippen molar-refractivity contribution in [3.8, 4) is 0 Å². The lowest BCUT2D eigenvalue weighted by atomic mass is 10.0. The van der Waals surface area contributed by atoms with Gasteiger partial charge in [0.2, 0.25) is 0 Å². The molecule has 178 valence electrons. The minimum absolute atomic E-state index is 0.00797. The molecule has 0 spiro atoms. The van der Waals surface area contributed by atoms with E-state index in [1.165, 1.54) is 64.2 Å². The molecule has 2 rings (SSSR count). The first-order valence-electron chi connectivity index (χ1n) is 12.7. The van der Waals surface area contributed by atoms with E-state index < -0.39 is 5.97 Å². The normalized spacial score (nSPS) is 26.9. The molecule has 0 aromatic carbocycles. The summed E-state index contributed by atoms with van der Waals surface area (Å²) in [5, 5.41) is 8.84. The number of carboxylic acids is 1. The number of ether oxygens (including phenoxy) is 1. The Hall–Kier alpha value is -1.17. The summed E-state index contributed by atoms with van der Waals surface area (Å²) in [6, 6.07) is 0. The first-order chi connectivity index (χ1) is 15.2. The van der Waals surface area contributed by atoms with Crippen molar-refractivity contribution in [3.05, 3.63) is 24.3 Å². The quantitative estimate of drug-likeness (QED) is 0.162. The smallest absolute Gasteiger partial charge is 0.306 e. The Morgan fingerprint density at radius 1 is 0.806 bits per heavy atom. The van der Waals surface area contributed by atoms with Crippen LogP contribution in [0.15, 0.2) is 24.3 Å². The van der Waals surface area contributed by atoms with Crippen molar-refractivity contribution >= 4 is 5.97 Å².